The lowest BCUT2D eigenvalue weighted by molar-refractivity contribution is -0.153. The lowest BCUT2D eigenvalue weighted by Crippen LogP contribution is -2.44. The van der Waals surface area contributed by atoms with Crippen molar-refractivity contribution in [1.29, 1.82) is 5.26 Å². The van der Waals surface area contributed by atoms with Crippen LogP contribution in [0.1, 0.15) is 37.4 Å². The Balaban J connectivity index is 2.01. The van der Waals surface area contributed by atoms with Gasteiger partial charge >= 0.3 is 12.1 Å². The molecule has 3 atom stereocenters. The van der Waals surface area contributed by atoms with Gasteiger partial charge in [-0.15, -0.1) is 5.10 Å². The summed E-state index contributed by atoms with van der Waals surface area (Å²) in [6, 6.07) is 1.33. The maximum atomic E-state index is 13.3. The average Bonchev–Trinajstić information content (AvgIpc) is 2.92. The number of aromatic nitrogens is 3. The molecule has 0 spiro atoms. The SMILES string of the molecule is CC(=O)O[C@@H]1COCC[C@H]1Nc1ncc2c(Cl)c(C#N)c(C(C)C(F)(F)F)n2n1. The standard InChI is InChI=1S/C17H17ClF3N5O3/c1-8(17(19,20)21)15-10(5-22)14(18)12-6-23-16(25-26(12)15)24-11-3-4-28-7-13(11)29-9(2)27/h6,8,11,13H,3-4,7H2,1-2H3,(H,24,25)/t8?,11-,13-/m1/s1. The normalized spacial score (nSPS) is 20.9. The molecule has 12 heteroatoms. The van der Waals surface area contributed by atoms with E-state index in [1.807, 2.05) is 0 Å². The Morgan fingerprint density at radius 2 is 2.28 bits per heavy atom. The first-order valence-corrected chi connectivity index (χ1v) is 9.06. The number of halogens is 4. The van der Waals surface area contributed by atoms with Crippen molar-refractivity contribution in [3.63, 3.8) is 0 Å². The molecule has 0 bridgehead atoms. The molecule has 0 amide bonds. The molecule has 1 N–H and O–H groups in total. The van der Waals surface area contributed by atoms with Gasteiger partial charge in [-0.25, -0.2) is 9.50 Å². The van der Waals surface area contributed by atoms with Crippen molar-refractivity contribution in [3.8, 4) is 6.07 Å². The van der Waals surface area contributed by atoms with E-state index in [-0.39, 0.29) is 34.4 Å². The third-order valence-electron chi connectivity index (χ3n) is 4.61. The molecule has 29 heavy (non-hydrogen) atoms. The van der Waals surface area contributed by atoms with Gasteiger partial charge in [-0.05, 0) is 13.3 Å². The molecule has 8 nitrogen and oxygen atoms in total. The smallest absolute Gasteiger partial charge is 0.397 e. The number of alkyl halides is 3. The molecular weight excluding hydrogens is 415 g/mol. The van der Waals surface area contributed by atoms with Gasteiger partial charge in [0.05, 0.1) is 41.0 Å². The summed E-state index contributed by atoms with van der Waals surface area (Å²) in [4.78, 5) is 15.4. The summed E-state index contributed by atoms with van der Waals surface area (Å²) in [6.45, 7) is 2.78. The van der Waals surface area contributed by atoms with Crippen LogP contribution in [0.15, 0.2) is 6.20 Å². The predicted molar refractivity (Wildman–Crippen MR) is 95.6 cm³/mol. The van der Waals surface area contributed by atoms with Gasteiger partial charge in [0.15, 0.2) is 0 Å². The zero-order valence-electron chi connectivity index (χ0n) is 15.5. The summed E-state index contributed by atoms with van der Waals surface area (Å²) < 4.78 is 51.5. The lowest BCUT2D eigenvalue weighted by Gasteiger charge is -2.31. The maximum absolute atomic E-state index is 13.3. The fraction of sp³-hybridized carbons (Fsp3) is 0.529. The second-order valence-electron chi connectivity index (χ2n) is 6.59. The van der Waals surface area contributed by atoms with E-state index in [9.17, 15) is 23.2 Å². The summed E-state index contributed by atoms with van der Waals surface area (Å²) in [7, 11) is 0. The van der Waals surface area contributed by atoms with Gasteiger partial charge in [0.2, 0.25) is 5.95 Å². The molecule has 1 aliphatic heterocycles. The van der Waals surface area contributed by atoms with Gasteiger partial charge in [-0.2, -0.15) is 18.4 Å². The van der Waals surface area contributed by atoms with Gasteiger partial charge < -0.3 is 14.8 Å². The van der Waals surface area contributed by atoms with E-state index in [1.165, 1.54) is 13.1 Å². The van der Waals surface area contributed by atoms with Crippen molar-refractivity contribution in [2.75, 3.05) is 18.5 Å². The Morgan fingerprint density at radius 1 is 1.55 bits per heavy atom. The number of rotatable bonds is 4. The van der Waals surface area contributed by atoms with Gasteiger partial charge in [0.1, 0.15) is 17.7 Å². The summed E-state index contributed by atoms with van der Waals surface area (Å²) in [5.74, 6) is -2.45. The highest BCUT2D eigenvalue weighted by Gasteiger charge is 2.41. The quantitative estimate of drug-likeness (QED) is 0.742. The largest absolute Gasteiger partial charge is 0.458 e. The van der Waals surface area contributed by atoms with Gasteiger partial charge in [-0.1, -0.05) is 11.6 Å². The van der Waals surface area contributed by atoms with E-state index in [0.29, 0.717) is 13.0 Å². The van der Waals surface area contributed by atoms with Crippen LogP contribution < -0.4 is 5.32 Å². The molecule has 0 radical (unpaired) electrons. The van der Waals surface area contributed by atoms with Crippen LogP contribution in [0.3, 0.4) is 0 Å². The lowest BCUT2D eigenvalue weighted by atomic mass is 10.0. The minimum absolute atomic E-state index is 0.00772. The molecule has 1 saturated heterocycles. The van der Waals surface area contributed by atoms with E-state index in [2.05, 4.69) is 15.4 Å². The van der Waals surface area contributed by atoms with Crippen molar-refractivity contribution >= 4 is 29.0 Å². The molecule has 156 valence electrons. The van der Waals surface area contributed by atoms with E-state index < -0.39 is 30.2 Å². The van der Waals surface area contributed by atoms with Crippen molar-refractivity contribution in [1.82, 2.24) is 14.6 Å². The molecule has 2 aromatic rings. The fourth-order valence-corrected chi connectivity index (χ4v) is 3.40. The van der Waals surface area contributed by atoms with E-state index >= 15 is 0 Å². The van der Waals surface area contributed by atoms with Crippen LogP contribution in [0.5, 0.6) is 0 Å². The third kappa shape index (κ3) is 4.23. The van der Waals surface area contributed by atoms with Crippen LogP contribution in [0.2, 0.25) is 5.02 Å². The number of nitriles is 1. The molecule has 1 aliphatic rings. The summed E-state index contributed by atoms with van der Waals surface area (Å²) in [5.41, 5.74) is -0.579. The predicted octanol–water partition coefficient (Wildman–Crippen LogP) is 3.05. The van der Waals surface area contributed by atoms with Crippen molar-refractivity contribution in [2.24, 2.45) is 0 Å². The molecule has 1 fully saturated rings. The Labute approximate surface area is 168 Å². The Hall–Kier alpha value is -2.58. The number of nitrogens with zero attached hydrogens (tertiary/aromatic N) is 4. The average molecular weight is 432 g/mol. The molecule has 0 aliphatic carbocycles. The number of hydrogen-bond donors (Lipinski definition) is 1. The van der Waals surface area contributed by atoms with Crippen LogP contribution in [-0.4, -0.2) is 52.1 Å². The number of carbonyl (C=O) groups excluding carboxylic acids is 1. The first-order valence-electron chi connectivity index (χ1n) is 8.69. The minimum atomic E-state index is -4.59. The number of esters is 1. The van der Waals surface area contributed by atoms with E-state index in [0.717, 1.165) is 11.4 Å². The van der Waals surface area contributed by atoms with Crippen LogP contribution >= 0.6 is 11.6 Å². The van der Waals surface area contributed by atoms with Gasteiger partial charge in [-0.3, -0.25) is 4.79 Å². The molecular formula is C17H17ClF3N5O3. The monoisotopic (exact) mass is 431 g/mol. The number of nitrogens with one attached hydrogen (secondary N) is 1. The van der Waals surface area contributed by atoms with E-state index in [1.54, 1.807) is 6.07 Å². The van der Waals surface area contributed by atoms with Crippen molar-refractivity contribution in [2.45, 2.75) is 44.5 Å². The number of ether oxygens (including phenoxy) is 2. The second-order valence-corrected chi connectivity index (χ2v) is 6.97. The fourth-order valence-electron chi connectivity index (χ4n) is 3.13. The number of fused-ring (bicyclic) bond motifs is 1. The first-order chi connectivity index (χ1) is 13.6. The second kappa shape index (κ2) is 8.04. The summed E-state index contributed by atoms with van der Waals surface area (Å²) >= 11 is 6.10. The summed E-state index contributed by atoms with van der Waals surface area (Å²) in [6.07, 6.45) is -3.48. The number of hydrogen-bond acceptors (Lipinski definition) is 7. The van der Waals surface area contributed by atoms with Crippen LogP contribution in [0.4, 0.5) is 19.1 Å². The van der Waals surface area contributed by atoms with Crippen LogP contribution in [-0.2, 0) is 14.3 Å². The zero-order chi connectivity index (χ0) is 21.3. The third-order valence-corrected chi connectivity index (χ3v) is 4.99. The van der Waals surface area contributed by atoms with Crippen molar-refractivity contribution < 1.29 is 27.4 Å². The minimum Gasteiger partial charge on any atom is -0.458 e. The van der Waals surface area contributed by atoms with Gasteiger partial charge in [0.25, 0.3) is 0 Å². The molecule has 0 aromatic carbocycles. The molecule has 1 unspecified atom stereocenters. The zero-order valence-corrected chi connectivity index (χ0v) is 16.2. The Kier molecular flexibility index (Phi) is 5.86. The molecule has 3 heterocycles. The van der Waals surface area contributed by atoms with Gasteiger partial charge in [0, 0.05) is 13.5 Å². The molecule has 3 rings (SSSR count). The molecule has 0 saturated carbocycles. The highest BCUT2D eigenvalue weighted by atomic mass is 35.5. The van der Waals surface area contributed by atoms with Crippen LogP contribution in [0, 0.1) is 11.3 Å². The van der Waals surface area contributed by atoms with E-state index in [4.69, 9.17) is 21.1 Å². The van der Waals surface area contributed by atoms with Crippen molar-refractivity contribution in [3.05, 3.63) is 22.5 Å². The Bertz CT molecular complexity index is 972. The first kappa shape index (κ1) is 21.1. The highest BCUT2D eigenvalue weighted by Crippen LogP contribution is 2.40. The highest BCUT2D eigenvalue weighted by molar-refractivity contribution is 6.35. The number of anilines is 1. The topological polar surface area (TPSA) is 102 Å². The Morgan fingerprint density at radius 3 is 2.90 bits per heavy atom. The molecule has 2 aromatic heterocycles. The maximum Gasteiger partial charge on any atom is 0.397 e. The summed E-state index contributed by atoms with van der Waals surface area (Å²) in [5, 5.41) is 16.3. The number of carbonyl (C=O) groups is 1. The van der Waals surface area contributed by atoms with Crippen LogP contribution in [0.25, 0.3) is 5.52 Å².